The molecule has 1 saturated heterocycles. The Balaban J connectivity index is 2.25. The third-order valence-corrected chi connectivity index (χ3v) is 4.27. The van der Waals surface area contributed by atoms with Crippen molar-refractivity contribution in [1.29, 1.82) is 0 Å². The van der Waals surface area contributed by atoms with E-state index >= 15 is 0 Å². The first-order valence-electron chi connectivity index (χ1n) is 5.01. The van der Waals surface area contributed by atoms with Crippen molar-refractivity contribution in [3.05, 3.63) is 34.9 Å². The summed E-state index contributed by atoms with van der Waals surface area (Å²) >= 11 is 7.40. The van der Waals surface area contributed by atoms with Crippen LogP contribution >= 0.6 is 23.4 Å². The number of ketones is 2. The Kier molecular flexibility index (Phi) is 3.36. The van der Waals surface area contributed by atoms with Gasteiger partial charge in [0.15, 0.2) is 5.78 Å². The Hall–Kier alpha value is -0.800. The van der Waals surface area contributed by atoms with Gasteiger partial charge in [-0.3, -0.25) is 9.59 Å². The zero-order valence-corrected chi connectivity index (χ0v) is 10.3. The van der Waals surface area contributed by atoms with Gasteiger partial charge in [-0.05, 0) is 24.6 Å². The molecule has 0 N–H and O–H groups in total. The molecule has 84 valence electrons. The van der Waals surface area contributed by atoms with E-state index in [1.54, 1.807) is 12.1 Å². The summed E-state index contributed by atoms with van der Waals surface area (Å²) < 4.78 is 0. The molecule has 0 saturated carbocycles. The number of rotatable bonds is 2. The van der Waals surface area contributed by atoms with Gasteiger partial charge in [0.05, 0.1) is 11.2 Å². The first-order chi connectivity index (χ1) is 7.59. The summed E-state index contributed by atoms with van der Waals surface area (Å²) in [6.07, 6.45) is 0. The van der Waals surface area contributed by atoms with Crippen molar-refractivity contribution >= 4 is 34.9 Å². The van der Waals surface area contributed by atoms with Crippen molar-refractivity contribution in [2.24, 2.45) is 5.92 Å². The van der Waals surface area contributed by atoms with Crippen LogP contribution in [0.2, 0.25) is 5.02 Å². The Morgan fingerprint density at radius 2 is 2.25 bits per heavy atom. The minimum atomic E-state index is -0.436. The molecule has 0 aromatic heterocycles. The number of carbonyl (C=O) groups excluding carboxylic acids is 2. The fraction of sp³-hybridized carbons (Fsp3) is 0.333. The summed E-state index contributed by atoms with van der Waals surface area (Å²) in [6.45, 7) is 1.48. The molecule has 1 fully saturated rings. The lowest BCUT2D eigenvalue weighted by Gasteiger charge is -2.08. The van der Waals surface area contributed by atoms with Gasteiger partial charge in [-0.15, -0.1) is 11.8 Å². The summed E-state index contributed by atoms with van der Waals surface area (Å²) in [5.41, 5.74) is 0.895. The highest BCUT2D eigenvalue weighted by molar-refractivity contribution is 8.00. The maximum absolute atomic E-state index is 12.0. The van der Waals surface area contributed by atoms with Gasteiger partial charge in [0, 0.05) is 10.8 Å². The molecule has 0 radical (unpaired) electrons. The second-order valence-electron chi connectivity index (χ2n) is 3.83. The van der Waals surface area contributed by atoms with Gasteiger partial charge in [-0.25, -0.2) is 0 Å². The average molecular weight is 255 g/mol. The minimum absolute atomic E-state index is 0.0137. The van der Waals surface area contributed by atoms with Gasteiger partial charge in [0.25, 0.3) is 0 Å². The standard InChI is InChI=1S/C12H11ClO2S/c1-7(14)10-6-16-12(11(10)15)8-3-2-4-9(13)5-8/h2-5,10,12H,6H2,1H3. The summed E-state index contributed by atoms with van der Waals surface area (Å²) in [5.74, 6) is 0.126. The maximum Gasteiger partial charge on any atom is 0.161 e. The highest BCUT2D eigenvalue weighted by atomic mass is 35.5. The summed E-state index contributed by atoms with van der Waals surface area (Å²) in [4.78, 5) is 23.2. The van der Waals surface area contributed by atoms with Crippen molar-refractivity contribution in [2.75, 3.05) is 5.75 Å². The van der Waals surface area contributed by atoms with Crippen molar-refractivity contribution in [3.63, 3.8) is 0 Å². The van der Waals surface area contributed by atoms with Gasteiger partial charge < -0.3 is 0 Å². The van der Waals surface area contributed by atoms with E-state index in [1.165, 1.54) is 18.7 Å². The van der Waals surface area contributed by atoms with Crippen LogP contribution < -0.4 is 0 Å². The number of carbonyl (C=O) groups is 2. The molecule has 0 amide bonds. The normalized spacial score (nSPS) is 24.8. The topological polar surface area (TPSA) is 34.1 Å². The molecule has 0 spiro atoms. The quantitative estimate of drug-likeness (QED) is 0.761. The van der Waals surface area contributed by atoms with E-state index in [0.29, 0.717) is 10.8 Å². The Morgan fingerprint density at radius 1 is 1.50 bits per heavy atom. The summed E-state index contributed by atoms with van der Waals surface area (Å²) in [6, 6.07) is 7.27. The lowest BCUT2D eigenvalue weighted by molar-refractivity contribution is -0.129. The molecule has 0 aliphatic carbocycles. The number of thioether (sulfide) groups is 1. The van der Waals surface area contributed by atoms with Crippen molar-refractivity contribution < 1.29 is 9.59 Å². The van der Waals surface area contributed by atoms with E-state index < -0.39 is 5.92 Å². The first-order valence-corrected chi connectivity index (χ1v) is 6.43. The molecule has 1 heterocycles. The SMILES string of the molecule is CC(=O)C1CSC(c2cccc(Cl)c2)C1=O. The second kappa shape index (κ2) is 4.60. The van der Waals surface area contributed by atoms with E-state index in [-0.39, 0.29) is 16.8 Å². The van der Waals surface area contributed by atoms with Crippen LogP contribution in [0.4, 0.5) is 0 Å². The van der Waals surface area contributed by atoms with Gasteiger partial charge in [-0.1, -0.05) is 23.7 Å². The molecule has 2 atom stereocenters. The third kappa shape index (κ3) is 2.15. The van der Waals surface area contributed by atoms with Crippen LogP contribution in [0.25, 0.3) is 0 Å². The van der Waals surface area contributed by atoms with Crippen LogP contribution in [0.1, 0.15) is 17.7 Å². The molecule has 1 aromatic carbocycles. The third-order valence-electron chi connectivity index (χ3n) is 2.67. The lowest BCUT2D eigenvalue weighted by Crippen LogP contribution is -2.20. The van der Waals surface area contributed by atoms with E-state index in [0.717, 1.165) is 5.56 Å². The molecule has 1 aliphatic rings. The average Bonchev–Trinajstić information content (AvgIpc) is 2.60. The molecule has 2 rings (SSSR count). The fourth-order valence-electron chi connectivity index (χ4n) is 1.79. The van der Waals surface area contributed by atoms with E-state index in [2.05, 4.69) is 0 Å². The predicted octanol–water partition coefficient (Wildman–Crippen LogP) is 2.90. The zero-order chi connectivity index (χ0) is 11.7. The largest absolute Gasteiger partial charge is 0.299 e. The Bertz CT molecular complexity index is 444. The summed E-state index contributed by atoms with van der Waals surface area (Å²) in [7, 11) is 0. The zero-order valence-electron chi connectivity index (χ0n) is 8.77. The van der Waals surface area contributed by atoms with Crippen LogP contribution in [0.5, 0.6) is 0 Å². The van der Waals surface area contributed by atoms with Gasteiger partial charge in [-0.2, -0.15) is 0 Å². The van der Waals surface area contributed by atoms with Crippen LogP contribution in [0.3, 0.4) is 0 Å². The number of benzene rings is 1. The van der Waals surface area contributed by atoms with Crippen molar-refractivity contribution in [2.45, 2.75) is 12.2 Å². The highest BCUT2D eigenvalue weighted by Crippen LogP contribution is 2.40. The molecule has 2 unspecified atom stereocenters. The Labute approximate surface area is 103 Å². The Morgan fingerprint density at radius 3 is 2.81 bits per heavy atom. The van der Waals surface area contributed by atoms with Gasteiger partial charge in [0.2, 0.25) is 0 Å². The van der Waals surface area contributed by atoms with Crippen LogP contribution in [-0.4, -0.2) is 17.3 Å². The molecule has 16 heavy (non-hydrogen) atoms. The van der Waals surface area contributed by atoms with E-state index in [9.17, 15) is 9.59 Å². The molecular weight excluding hydrogens is 244 g/mol. The lowest BCUT2D eigenvalue weighted by atomic mass is 9.96. The minimum Gasteiger partial charge on any atom is -0.299 e. The molecular formula is C12H11ClO2S. The van der Waals surface area contributed by atoms with Gasteiger partial charge >= 0.3 is 0 Å². The number of hydrogen-bond donors (Lipinski definition) is 0. The molecule has 2 nitrogen and oxygen atoms in total. The van der Waals surface area contributed by atoms with Crippen molar-refractivity contribution in [3.8, 4) is 0 Å². The maximum atomic E-state index is 12.0. The van der Waals surface area contributed by atoms with Crippen molar-refractivity contribution in [1.82, 2.24) is 0 Å². The fourth-order valence-corrected chi connectivity index (χ4v) is 3.44. The highest BCUT2D eigenvalue weighted by Gasteiger charge is 2.38. The predicted molar refractivity (Wildman–Crippen MR) is 65.8 cm³/mol. The van der Waals surface area contributed by atoms with E-state index in [4.69, 9.17) is 11.6 Å². The molecule has 1 aromatic rings. The number of Topliss-reactive ketones (excluding diaryl/α,β-unsaturated/α-hetero) is 2. The van der Waals surface area contributed by atoms with Crippen LogP contribution in [-0.2, 0) is 9.59 Å². The van der Waals surface area contributed by atoms with Crippen LogP contribution in [0, 0.1) is 5.92 Å². The smallest absolute Gasteiger partial charge is 0.161 e. The number of halogens is 1. The van der Waals surface area contributed by atoms with E-state index in [1.807, 2.05) is 12.1 Å². The second-order valence-corrected chi connectivity index (χ2v) is 5.41. The first kappa shape index (κ1) is 11.7. The summed E-state index contributed by atoms with van der Waals surface area (Å²) in [5, 5.41) is 0.393. The molecule has 4 heteroatoms. The monoisotopic (exact) mass is 254 g/mol. The van der Waals surface area contributed by atoms with Crippen LogP contribution in [0.15, 0.2) is 24.3 Å². The molecule has 1 aliphatic heterocycles. The number of hydrogen-bond acceptors (Lipinski definition) is 3. The molecule has 0 bridgehead atoms. The van der Waals surface area contributed by atoms with Gasteiger partial charge in [0.1, 0.15) is 5.78 Å².